The van der Waals surface area contributed by atoms with E-state index in [0.29, 0.717) is 39.5 Å². The van der Waals surface area contributed by atoms with Crippen LogP contribution in [0.3, 0.4) is 0 Å². The number of urea groups is 1. The van der Waals surface area contributed by atoms with Gasteiger partial charge in [0.05, 0.1) is 31.5 Å². The van der Waals surface area contributed by atoms with Gasteiger partial charge in [-0.2, -0.15) is 0 Å². The zero-order chi connectivity index (χ0) is 12.5. The second-order valence-electron chi connectivity index (χ2n) is 5.43. The van der Waals surface area contributed by atoms with Gasteiger partial charge in [-0.1, -0.05) is 0 Å². The molecule has 2 rings (SSSR count). The molecule has 0 saturated carbocycles. The number of carbonyl (C=O) groups is 1. The van der Waals surface area contributed by atoms with Crippen molar-refractivity contribution >= 4 is 6.03 Å². The first-order valence-electron chi connectivity index (χ1n) is 6.26. The monoisotopic (exact) mass is 242 g/mol. The minimum Gasteiger partial charge on any atom is -0.378 e. The predicted octanol–water partition coefficient (Wildman–Crippen LogP) is 0.938. The van der Waals surface area contributed by atoms with Gasteiger partial charge in [0.15, 0.2) is 0 Å². The van der Waals surface area contributed by atoms with E-state index >= 15 is 0 Å². The topological polar surface area (TPSA) is 42.0 Å². The van der Waals surface area contributed by atoms with Crippen molar-refractivity contribution in [2.24, 2.45) is 0 Å². The van der Waals surface area contributed by atoms with Crippen LogP contribution in [0.15, 0.2) is 0 Å². The van der Waals surface area contributed by atoms with Gasteiger partial charge in [0.1, 0.15) is 0 Å². The molecule has 0 aromatic rings. The van der Waals surface area contributed by atoms with Crippen molar-refractivity contribution in [3.05, 3.63) is 0 Å². The number of amides is 2. The van der Waals surface area contributed by atoms with Gasteiger partial charge in [0.2, 0.25) is 0 Å². The average molecular weight is 242 g/mol. The van der Waals surface area contributed by atoms with Crippen molar-refractivity contribution in [2.75, 3.05) is 39.5 Å². The summed E-state index contributed by atoms with van der Waals surface area (Å²) >= 11 is 0. The molecule has 1 atom stereocenters. The Kier molecular flexibility index (Phi) is 3.58. The van der Waals surface area contributed by atoms with Crippen LogP contribution in [0.1, 0.15) is 20.8 Å². The van der Waals surface area contributed by atoms with Crippen molar-refractivity contribution in [1.82, 2.24) is 9.80 Å². The largest absolute Gasteiger partial charge is 0.378 e. The normalized spacial score (nSPS) is 29.2. The average Bonchev–Trinajstić information content (AvgIpc) is 2.33. The Morgan fingerprint density at radius 1 is 1.29 bits per heavy atom. The number of hydrogen-bond acceptors (Lipinski definition) is 3. The number of nitrogens with zero attached hydrogens (tertiary/aromatic N) is 2. The Morgan fingerprint density at radius 2 is 1.94 bits per heavy atom. The fraction of sp³-hybridized carbons (Fsp3) is 0.917. The first-order valence-corrected chi connectivity index (χ1v) is 6.26. The highest BCUT2D eigenvalue weighted by atomic mass is 16.5. The first kappa shape index (κ1) is 12.6. The minimum atomic E-state index is -0.220. The van der Waals surface area contributed by atoms with Crippen molar-refractivity contribution in [1.29, 1.82) is 0 Å². The van der Waals surface area contributed by atoms with Crippen LogP contribution in [0, 0.1) is 0 Å². The van der Waals surface area contributed by atoms with Gasteiger partial charge >= 0.3 is 6.03 Å². The van der Waals surface area contributed by atoms with Crippen LogP contribution >= 0.6 is 0 Å². The second-order valence-corrected chi connectivity index (χ2v) is 5.43. The summed E-state index contributed by atoms with van der Waals surface area (Å²) in [6.07, 6.45) is 0.119. The van der Waals surface area contributed by atoms with Crippen LogP contribution in [-0.2, 0) is 9.47 Å². The molecule has 2 aliphatic rings. The molecule has 0 radical (unpaired) electrons. The minimum absolute atomic E-state index is 0.119. The Bertz CT molecular complexity index is 287. The molecule has 0 unspecified atom stereocenters. The molecule has 0 aliphatic carbocycles. The third kappa shape index (κ3) is 2.72. The van der Waals surface area contributed by atoms with E-state index in [0.717, 1.165) is 0 Å². The molecule has 0 spiro atoms. The van der Waals surface area contributed by atoms with E-state index in [9.17, 15) is 4.79 Å². The summed E-state index contributed by atoms with van der Waals surface area (Å²) in [6, 6.07) is 0.119. The number of rotatable bonds is 0. The molecule has 5 heteroatoms. The van der Waals surface area contributed by atoms with Gasteiger partial charge in [-0.25, -0.2) is 4.79 Å². The lowest BCUT2D eigenvalue weighted by atomic mass is 10.0. The maximum atomic E-state index is 12.5. The number of morpholine rings is 2. The molecule has 0 bridgehead atoms. The zero-order valence-corrected chi connectivity index (χ0v) is 10.9. The Hall–Kier alpha value is -0.810. The third-order valence-corrected chi connectivity index (χ3v) is 3.40. The summed E-state index contributed by atoms with van der Waals surface area (Å²) < 4.78 is 10.9. The molecule has 98 valence electrons. The van der Waals surface area contributed by atoms with Crippen LogP contribution in [0.25, 0.3) is 0 Å². The standard InChI is InChI=1S/C12H22N2O3/c1-10-8-14(12(2,3)9-17-10)11(15)13-4-6-16-7-5-13/h10H,4-9H2,1-3H3/t10-/m0/s1. The van der Waals surface area contributed by atoms with Gasteiger partial charge in [0.25, 0.3) is 0 Å². The Labute approximate surface area is 103 Å². The lowest BCUT2D eigenvalue weighted by Gasteiger charge is -2.46. The number of ether oxygens (including phenoxy) is 2. The summed E-state index contributed by atoms with van der Waals surface area (Å²) in [6.45, 7) is 10.1. The highest BCUT2D eigenvalue weighted by Gasteiger charge is 2.38. The van der Waals surface area contributed by atoms with E-state index in [-0.39, 0.29) is 17.7 Å². The van der Waals surface area contributed by atoms with Gasteiger partial charge in [0, 0.05) is 19.6 Å². The smallest absolute Gasteiger partial charge is 0.320 e. The molecule has 0 N–H and O–H groups in total. The molecule has 2 heterocycles. The number of carbonyl (C=O) groups excluding carboxylic acids is 1. The summed E-state index contributed by atoms with van der Waals surface area (Å²) in [4.78, 5) is 16.3. The Balaban J connectivity index is 2.05. The molecule has 0 aromatic carbocycles. The van der Waals surface area contributed by atoms with E-state index in [4.69, 9.17) is 9.47 Å². The molecule has 2 aliphatic heterocycles. The van der Waals surface area contributed by atoms with Gasteiger partial charge in [-0.3, -0.25) is 0 Å². The van der Waals surface area contributed by atoms with E-state index in [1.807, 2.05) is 16.7 Å². The third-order valence-electron chi connectivity index (χ3n) is 3.40. The fourth-order valence-electron chi connectivity index (χ4n) is 2.24. The lowest BCUT2D eigenvalue weighted by molar-refractivity contribution is -0.0789. The Morgan fingerprint density at radius 3 is 2.59 bits per heavy atom. The van der Waals surface area contributed by atoms with Crippen LogP contribution in [0.5, 0.6) is 0 Å². The van der Waals surface area contributed by atoms with Crippen LogP contribution in [0.4, 0.5) is 4.79 Å². The van der Waals surface area contributed by atoms with Crippen LogP contribution in [-0.4, -0.2) is 66.9 Å². The van der Waals surface area contributed by atoms with E-state index < -0.39 is 0 Å². The molecule has 17 heavy (non-hydrogen) atoms. The van der Waals surface area contributed by atoms with Crippen LogP contribution in [0.2, 0.25) is 0 Å². The van der Waals surface area contributed by atoms with E-state index in [1.54, 1.807) is 0 Å². The van der Waals surface area contributed by atoms with E-state index in [1.165, 1.54) is 0 Å². The first-order chi connectivity index (χ1) is 8.00. The highest BCUT2D eigenvalue weighted by Crippen LogP contribution is 2.23. The summed E-state index contributed by atoms with van der Waals surface area (Å²) in [5.41, 5.74) is -0.220. The molecule has 2 fully saturated rings. The van der Waals surface area contributed by atoms with Crippen molar-refractivity contribution in [2.45, 2.75) is 32.4 Å². The summed E-state index contributed by atoms with van der Waals surface area (Å²) in [7, 11) is 0. The molecule has 2 amide bonds. The summed E-state index contributed by atoms with van der Waals surface area (Å²) in [5.74, 6) is 0. The molecular weight excluding hydrogens is 220 g/mol. The molecular formula is C12H22N2O3. The van der Waals surface area contributed by atoms with Crippen LogP contribution < -0.4 is 0 Å². The predicted molar refractivity (Wildman–Crippen MR) is 64.0 cm³/mol. The van der Waals surface area contributed by atoms with Gasteiger partial charge < -0.3 is 19.3 Å². The summed E-state index contributed by atoms with van der Waals surface area (Å²) in [5, 5.41) is 0. The lowest BCUT2D eigenvalue weighted by Crippen LogP contribution is -2.61. The van der Waals surface area contributed by atoms with E-state index in [2.05, 4.69) is 13.8 Å². The zero-order valence-electron chi connectivity index (χ0n) is 10.9. The van der Waals surface area contributed by atoms with Crippen molar-refractivity contribution < 1.29 is 14.3 Å². The number of hydrogen-bond donors (Lipinski definition) is 0. The molecule has 5 nitrogen and oxygen atoms in total. The second kappa shape index (κ2) is 4.82. The van der Waals surface area contributed by atoms with Crippen molar-refractivity contribution in [3.8, 4) is 0 Å². The fourth-order valence-corrected chi connectivity index (χ4v) is 2.24. The highest BCUT2D eigenvalue weighted by molar-refractivity contribution is 5.75. The SMILES string of the molecule is C[C@H]1CN(C(=O)N2CCOCC2)C(C)(C)CO1. The van der Waals surface area contributed by atoms with Gasteiger partial charge in [-0.05, 0) is 20.8 Å². The molecule has 0 aromatic heterocycles. The maximum Gasteiger partial charge on any atom is 0.320 e. The maximum absolute atomic E-state index is 12.5. The van der Waals surface area contributed by atoms with Crippen molar-refractivity contribution in [3.63, 3.8) is 0 Å². The van der Waals surface area contributed by atoms with Gasteiger partial charge in [-0.15, -0.1) is 0 Å². The quantitative estimate of drug-likeness (QED) is 0.635. The molecule has 2 saturated heterocycles.